The molecule has 0 aliphatic carbocycles. The van der Waals surface area contributed by atoms with Crippen LogP contribution in [-0.2, 0) is 4.79 Å². The Bertz CT molecular complexity index is 211. The van der Waals surface area contributed by atoms with Crippen molar-refractivity contribution in [3.8, 4) is 0 Å². The average Bonchev–Trinajstić information content (AvgIpc) is 2.25. The van der Waals surface area contributed by atoms with Gasteiger partial charge >= 0.3 is 0 Å². The molecule has 0 unspecified atom stereocenters. The van der Waals surface area contributed by atoms with E-state index in [0.717, 1.165) is 38.9 Å². The Hall–Kier alpha value is -0.610. The van der Waals surface area contributed by atoms with E-state index in [9.17, 15) is 9.90 Å². The highest BCUT2D eigenvalue weighted by atomic mass is 16.3. The normalized spacial score (nSPS) is 18.1. The first-order valence-corrected chi connectivity index (χ1v) is 6.29. The molecule has 1 aliphatic heterocycles. The molecular weight excluding hydrogens is 204 g/mol. The maximum Gasteiger partial charge on any atom is 0.222 e. The lowest BCUT2D eigenvalue weighted by Gasteiger charge is -2.29. The van der Waals surface area contributed by atoms with Gasteiger partial charge in [-0.05, 0) is 25.8 Å². The summed E-state index contributed by atoms with van der Waals surface area (Å²) in [4.78, 5) is 13.6. The van der Waals surface area contributed by atoms with Crippen LogP contribution in [0.2, 0.25) is 0 Å². The summed E-state index contributed by atoms with van der Waals surface area (Å²) in [6, 6.07) is 0.486. The van der Waals surface area contributed by atoms with Gasteiger partial charge in [0.2, 0.25) is 5.91 Å². The fourth-order valence-electron chi connectivity index (χ4n) is 1.90. The Labute approximate surface area is 98.0 Å². The van der Waals surface area contributed by atoms with Crippen molar-refractivity contribution in [1.29, 1.82) is 0 Å². The van der Waals surface area contributed by atoms with Crippen LogP contribution >= 0.6 is 0 Å². The van der Waals surface area contributed by atoms with Crippen LogP contribution in [0.15, 0.2) is 0 Å². The maximum atomic E-state index is 11.8. The van der Waals surface area contributed by atoms with E-state index in [4.69, 9.17) is 0 Å². The summed E-state index contributed by atoms with van der Waals surface area (Å²) >= 11 is 0. The Morgan fingerprint density at radius 2 is 2.06 bits per heavy atom. The molecule has 16 heavy (non-hydrogen) atoms. The highest BCUT2D eigenvalue weighted by Crippen LogP contribution is 2.11. The lowest BCUT2D eigenvalue weighted by atomic mass is 10.1. The number of nitrogens with one attached hydrogen (secondary N) is 1. The van der Waals surface area contributed by atoms with E-state index in [2.05, 4.69) is 19.2 Å². The van der Waals surface area contributed by atoms with E-state index in [1.807, 2.05) is 4.90 Å². The number of amides is 1. The first kappa shape index (κ1) is 13.5. The molecule has 2 N–H and O–H groups in total. The fraction of sp³-hybridized carbons (Fsp3) is 0.917. The number of likely N-dealkylation sites (tertiary alicyclic amines) is 1. The number of carbonyl (C=O) groups excluding carboxylic acids is 1. The van der Waals surface area contributed by atoms with Gasteiger partial charge in [0.1, 0.15) is 0 Å². The zero-order valence-electron chi connectivity index (χ0n) is 10.4. The van der Waals surface area contributed by atoms with Crippen LogP contribution in [-0.4, -0.2) is 47.7 Å². The first-order chi connectivity index (χ1) is 7.59. The summed E-state index contributed by atoms with van der Waals surface area (Å²) in [5, 5.41) is 12.6. The number of hydrogen-bond acceptors (Lipinski definition) is 3. The molecule has 0 aromatic carbocycles. The van der Waals surface area contributed by atoms with Crippen molar-refractivity contribution in [2.45, 2.75) is 51.7 Å². The van der Waals surface area contributed by atoms with Crippen molar-refractivity contribution in [2.75, 3.05) is 19.6 Å². The third-order valence-corrected chi connectivity index (χ3v) is 2.94. The number of nitrogens with zero attached hydrogens (tertiary/aromatic N) is 1. The lowest BCUT2D eigenvalue weighted by molar-refractivity contribution is -0.133. The summed E-state index contributed by atoms with van der Waals surface area (Å²) in [5.74, 6) is 0.234. The molecule has 0 bridgehead atoms. The molecule has 94 valence electrons. The topological polar surface area (TPSA) is 52.6 Å². The number of hydrogen-bond donors (Lipinski definition) is 2. The summed E-state index contributed by atoms with van der Waals surface area (Å²) in [5.41, 5.74) is 0. The minimum Gasteiger partial charge on any atom is -0.393 e. The van der Waals surface area contributed by atoms with Crippen LogP contribution in [0.4, 0.5) is 0 Å². The van der Waals surface area contributed by atoms with Crippen molar-refractivity contribution in [2.24, 2.45) is 0 Å². The zero-order chi connectivity index (χ0) is 12.0. The first-order valence-electron chi connectivity index (χ1n) is 6.29. The lowest BCUT2D eigenvalue weighted by Crippen LogP contribution is -2.40. The van der Waals surface area contributed by atoms with Crippen molar-refractivity contribution in [3.05, 3.63) is 0 Å². The number of carbonyl (C=O) groups is 1. The molecule has 4 heteroatoms. The predicted octanol–water partition coefficient (Wildman–Crippen LogP) is 0.748. The number of rotatable bonds is 5. The number of piperidine rings is 1. The minimum atomic E-state index is -0.202. The molecule has 1 saturated heterocycles. The second-order valence-corrected chi connectivity index (χ2v) is 4.82. The molecule has 0 saturated carbocycles. The summed E-state index contributed by atoms with van der Waals surface area (Å²) in [6.07, 6.45) is 2.78. The highest BCUT2D eigenvalue weighted by Gasteiger charge is 2.20. The molecule has 0 aromatic rings. The minimum absolute atomic E-state index is 0.202. The number of aliphatic hydroxyl groups excluding tert-OH is 1. The molecule has 0 atom stereocenters. The van der Waals surface area contributed by atoms with Gasteiger partial charge in [-0.25, -0.2) is 0 Å². The zero-order valence-corrected chi connectivity index (χ0v) is 10.4. The SMILES string of the molecule is CC(C)NCCCC(=O)N1CCC(O)CC1. The van der Waals surface area contributed by atoms with Crippen LogP contribution in [0.1, 0.15) is 39.5 Å². The van der Waals surface area contributed by atoms with Gasteiger partial charge in [0, 0.05) is 25.6 Å². The smallest absolute Gasteiger partial charge is 0.222 e. The third-order valence-electron chi connectivity index (χ3n) is 2.94. The predicted molar refractivity (Wildman–Crippen MR) is 64.2 cm³/mol. The fourth-order valence-corrected chi connectivity index (χ4v) is 1.90. The van der Waals surface area contributed by atoms with E-state index in [-0.39, 0.29) is 12.0 Å². The van der Waals surface area contributed by atoms with Crippen molar-refractivity contribution in [3.63, 3.8) is 0 Å². The molecule has 1 rings (SSSR count). The van der Waals surface area contributed by atoms with E-state index in [0.29, 0.717) is 12.5 Å². The molecular formula is C12H24N2O2. The van der Waals surface area contributed by atoms with Crippen LogP contribution in [0, 0.1) is 0 Å². The quantitative estimate of drug-likeness (QED) is 0.683. The molecule has 4 nitrogen and oxygen atoms in total. The van der Waals surface area contributed by atoms with E-state index in [1.54, 1.807) is 0 Å². The molecule has 0 spiro atoms. The van der Waals surface area contributed by atoms with Crippen LogP contribution in [0.3, 0.4) is 0 Å². The van der Waals surface area contributed by atoms with Crippen LogP contribution < -0.4 is 5.32 Å². The van der Waals surface area contributed by atoms with Crippen molar-refractivity contribution >= 4 is 5.91 Å². The van der Waals surface area contributed by atoms with Crippen LogP contribution in [0.5, 0.6) is 0 Å². The van der Waals surface area contributed by atoms with Gasteiger partial charge < -0.3 is 15.3 Å². The molecule has 1 aliphatic rings. The summed E-state index contributed by atoms with van der Waals surface area (Å²) in [7, 11) is 0. The van der Waals surface area contributed by atoms with Crippen molar-refractivity contribution < 1.29 is 9.90 Å². The number of aliphatic hydroxyl groups is 1. The highest BCUT2D eigenvalue weighted by molar-refractivity contribution is 5.76. The summed E-state index contributed by atoms with van der Waals surface area (Å²) < 4.78 is 0. The van der Waals surface area contributed by atoms with Gasteiger partial charge in [-0.1, -0.05) is 13.8 Å². The van der Waals surface area contributed by atoms with Crippen LogP contribution in [0.25, 0.3) is 0 Å². The summed E-state index contributed by atoms with van der Waals surface area (Å²) in [6.45, 7) is 6.55. The van der Waals surface area contributed by atoms with E-state index >= 15 is 0 Å². The Kier molecular flexibility index (Phi) is 5.77. The monoisotopic (exact) mass is 228 g/mol. The Balaban J connectivity index is 2.10. The molecule has 1 heterocycles. The largest absolute Gasteiger partial charge is 0.393 e. The molecule has 0 radical (unpaired) electrons. The van der Waals surface area contributed by atoms with Gasteiger partial charge in [-0.3, -0.25) is 4.79 Å². The molecule has 0 aromatic heterocycles. The van der Waals surface area contributed by atoms with Gasteiger partial charge in [0.05, 0.1) is 6.10 Å². The maximum absolute atomic E-state index is 11.8. The van der Waals surface area contributed by atoms with Gasteiger partial charge in [-0.2, -0.15) is 0 Å². The molecule has 1 fully saturated rings. The second kappa shape index (κ2) is 6.86. The Morgan fingerprint density at radius 1 is 1.44 bits per heavy atom. The van der Waals surface area contributed by atoms with Gasteiger partial charge in [0.15, 0.2) is 0 Å². The standard InChI is InChI=1S/C12H24N2O2/c1-10(2)13-7-3-4-12(16)14-8-5-11(15)6-9-14/h10-11,13,15H,3-9H2,1-2H3. The van der Waals surface area contributed by atoms with E-state index in [1.165, 1.54) is 0 Å². The van der Waals surface area contributed by atoms with Gasteiger partial charge in [-0.15, -0.1) is 0 Å². The third kappa shape index (κ3) is 4.94. The van der Waals surface area contributed by atoms with E-state index < -0.39 is 0 Å². The average molecular weight is 228 g/mol. The molecule has 1 amide bonds. The second-order valence-electron chi connectivity index (χ2n) is 4.82. The van der Waals surface area contributed by atoms with Crippen molar-refractivity contribution in [1.82, 2.24) is 10.2 Å². The van der Waals surface area contributed by atoms with Gasteiger partial charge in [0.25, 0.3) is 0 Å². The Morgan fingerprint density at radius 3 is 2.62 bits per heavy atom.